The Hall–Kier alpha value is 0.466. The molecule has 58 valence electrons. The molecule has 0 aliphatic rings. The topological polar surface area (TPSA) is 0 Å². The standard InChI is InChI=1S/C9H11Br.Mg.2H/c1-7(2)8-4-3-5-9(10)6-8;;;/h3-7H,1-2H3;;;/q;+2;2*-1. The second kappa shape index (κ2) is 5.17. The van der Waals surface area contributed by atoms with E-state index in [0.29, 0.717) is 5.92 Å². The van der Waals surface area contributed by atoms with Crippen LogP contribution in [0.1, 0.15) is 28.2 Å². The Kier molecular flexibility index (Phi) is 5.39. The van der Waals surface area contributed by atoms with Crippen molar-refractivity contribution in [3.8, 4) is 0 Å². The van der Waals surface area contributed by atoms with Crippen LogP contribution in [0.3, 0.4) is 0 Å². The third-order valence-corrected chi connectivity index (χ3v) is 2.01. The van der Waals surface area contributed by atoms with Crippen LogP contribution in [-0.2, 0) is 0 Å². The molecule has 2 heteroatoms. The summed E-state index contributed by atoms with van der Waals surface area (Å²) in [6.07, 6.45) is 0. The average molecular weight is 225 g/mol. The van der Waals surface area contributed by atoms with Crippen molar-refractivity contribution in [3.05, 3.63) is 34.3 Å². The van der Waals surface area contributed by atoms with Crippen LogP contribution in [0.2, 0.25) is 0 Å². The van der Waals surface area contributed by atoms with Gasteiger partial charge in [0, 0.05) is 4.47 Å². The molecule has 0 heterocycles. The van der Waals surface area contributed by atoms with Gasteiger partial charge in [-0.15, -0.1) is 0 Å². The average Bonchev–Trinajstić information content (AvgIpc) is 1.88. The van der Waals surface area contributed by atoms with Crippen LogP contribution in [0, 0.1) is 0 Å². The quantitative estimate of drug-likeness (QED) is 0.643. The minimum Gasteiger partial charge on any atom is -1.00 e. The number of benzene rings is 1. The maximum Gasteiger partial charge on any atom is 2.00 e. The first kappa shape index (κ1) is 11.5. The van der Waals surface area contributed by atoms with Gasteiger partial charge in [-0.05, 0) is 23.6 Å². The van der Waals surface area contributed by atoms with Gasteiger partial charge in [-0.1, -0.05) is 41.9 Å². The van der Waals surface area contributed by atoms with Crippen LogP contribution < -0.4 is 0 Å². The van der Waals surface area contributed by atoms with Crippen LogP contribution in [-0.4, -0.2) is 23.1 Å². The second-order valence-corrected chi connectivity index (χ2v) is 3.63. The third kappa shape index (κ3) is 3.58. The molecule has 1 rings (SSSR count). The van der Waals surface area contributed by atoms with Crippen molar-refractivity contribution in [1.82, 2.24) is 0 Å². The van der Waals surface area contributed by atoms with Gasteiger partial charge in [0.1, 0.15) is 0 Å². The van der Waals surface area contributed by atoms with E-state index in [4.69, 9.17) is 0 Å². The Bertz CT molecular complexity index is 229. The molecule has 0 atom stereocenters. The third-order valence-electron chi connectivity index (χ3n) is 1.52. The number of hydrogen-bond acceptors (Lipinski definition) is 0. The van der Waals surface area contributed by atoms with Crippen LogP contribution in [0.5, 0.6) is 0 Å². The molecular formula is C9H13BrMg. The second-order valence-electron chi connectivity index (χ2n) is 2.71. The fourth-order valence-corrected chi connectivity index (χ4v) is 1.28. The summed E-state index contributed by atoms with van der Waals surface area (Å²) in [5.74, 6) is 0.623. The largest absolute Gasteiger partial charge is 2.00 e. The van der Waals surface area contributed by atoms with Crippen LogP contribution in [0.4, 0.5) is 0 Å². The van der Waals surface area contributed by atoms with E-state index in [1.807, 2.05) is 6.07 Å². The summed E-state index contributed by atoms with van der Waals surface area (Å²) < 4.78 is 1.17. The first-order valence-electron chi connectivity index (χ1n) is 3.45. The van der Waals surface area contributed by atoms with Crippen LogP contribution >= 0.6 is 15.9 Å². The van der Waals surface area contributed by atoms with E-state index in [-0.39, 0.29) is 25.9 Å². The summed E-state index contributed by atoms with van der Waals surface area (Å²) in [4.78, 5) is 0. The van der Waals surface area contributed by atoms with Crippen molar-refractivity contribution in [2.24, 2.45) is 0 Å². The van der Waals surface area contributed by atoms with Gasteiger partial charge in [-0.2, -0.15) is 0 Å². The van der Waals surface area contributed by atoms with E-state index < -0.39 is 0 Å². The summed E-state index contributed by atoms with van der Waals surface area (Å²) in [5, 5.41) is 0. The van der Waals surface area contributed by atoms with Gasteiger partial charge >= 0.3 is 23.1 Å². The molecular weight excluding hydrogens is 212 g/mol. The van der Waals surface area contributed by atoms with E-state index in [0.717, 1.165) is 0 Å². The van der Waals surface area contributed by atoms with Crippen molar-refractivity contribution >= 4 is 39.0 Å². The van der Waals surface area contributed by atoms with E-state index in [1.54, 1.807) is 0 Å². The van der Waals surface area contributed by atoms with Gasteiger partial charge in [-0.3, -0.25) is 0 Å². The Morgan fingerprint density at radius 2 is 2.00 bits per heavy atom. The fraction of sp³-hybridized carbons (Fsp3) is 0.333. The predicted molar refractivity (Wildman–Crippen MR) is 56.2 cm³/mol. The molecule has 0 nitrogen and oxygen atoms in total. The van der Waals surface area contributed by atoms with Crippen molar-refractivity contribution in [3.63, 3.8) is 0 Å². The molecule has 0 aliphatic heterocycles. The Morgan fingerprint density at radius 3 is 2.36 bits per heavy atom. The molecule has 0 spiro atoms. The molecule has 0 aliphatic carbocycles. The zero-order chi connectivity index (χ0) is 7.56. The smallest absolute Gasteiger partial charge is 1.00 e. The SMILES string of the molecule is CC(C)c1cccc(Br)c1.[H-].[H-].[Mg+2]. The molecule has 11 heavy (non-hydrogen) atoms. The van der Waals surface area contributed by atoms with Gasteiger partial charge < -0.3 is 2.85 Å². The minimum atomic E-state index is 0. The normalized spacial score (nSPS) is 9.45. The molecule has 0 fully saturated rings. The minimum absolute atomic E-state index is 0. The number of rotatable bonds is 1. The molecule has 0 radical (unpaired) electrons. The van der Waals surface area contributed by atoms with E-state index in [9.17, 15) is 0 Å². The summed E-state index contributed by atoms with van der Waals surface area (Å²) in [7, 11) is 0. The Morgan fingerprint density at radius 1 is 1.36 bits per heavy atom. The fourth-order valence-electron chi connectivity index (χ4n) is 0.866. The molecule has 1 aromatic rings. The summed E-state index contributed by atoms with van der Waals surface area (Å²) in [6.45, 7) is 4.39. The number of halogens is 1. The first-order valence-corrected chi connectivity index (χ1v) is 4.25. The van der Waals surface area contributed by atoms with Crippen LogP contribution in [0.15, 0.2) is 28.7 Å². The predicted octanol–water partition coefficient (Wildman–Crippen LogP) is 3.42. The first-order chi connectivity index (χ1) is 4.70. The van der Waals surface area contributed by atoms with Crippen molar-refractivity contribution in [1.29, 1.82) is 0 Å². The maximum atomic E-state index is 3.43. The Balaban J connectivity index is -0.000000333. The van der Waals surface area contributed by atoms with Crippen molar-refractivity contribution < 1.29 is 2.85 Å². The molecule has 0 aromatic heterocycles. The van der Waals surface area contributed by atoms with Crippen LogP contribution in [0.25, 0.3) is 0 Å². The van der Waals surface area contributed by atoms with Crippen molar-refractivity contribution in [2.75, 3.05) is 0 Å². The summed E-state index contributed by atoms with van der Waals surface area (Å²) in [5.41, 5.74) is 1.38. The zero-order valence-corrected chi connectivity index (χ0v) is 9.97. The molecule has 0 amide bonds. The van der Waals surface area contributed by atoms with Gasteiger partial charge in [-0.25, -0.2) is 0 Å². The van der Waals surface area contributed by atoms with Gasteiger partial charge in [0.25, 0.3) is 0 Å². The van der Waals surface area contributed by atoms with E-state index in [2.05, 4.69) is 48.0 Å². The van der Waals surface area contributed by atoms with Gasteiger partial charge in [0.15, 0.2) is 0 Å². The molecule has 0 saturated carbocycles. The summed E-state index contributed by atoms with van der Waals surface area (Å²) >= 11 is 3.43. The van der Waals surface area contributed by atoms with E-state index in [1.165, 1.54) is 10.0 Å². The Labute approximate surface area is 95.6 Å². The molecule has 0 bridgehead atoms. The molecule has 0 unspecified atom stereocenters. The molecule has 0 N–H and O–H groups in total. The maximum absolute atomic E-state index is 3.43. The van der Waals surface area contributed by atoms with Crippen molar-refractivity contribution in [2.45, 2.75) is 19.8 Å². The molecule has 0 saturated heterocycles. The monoisotopic (exact) mass is 224 g/mol. The van der Waals surface area contributed by atoms with Gasteiger partial charge in [0.2, 0.25) is 0 Å². The molecule has 1 aromatic carbocycles. The van der Waals surface area contributed by atoms with E-state index >= 15 is 0 Å². The summed E-state index contributed by atoms with van der Waals surface area (Å²) in [6, 6.07) is 8.42. The zero-order valence-electron chi connectivity index (χ0n) is 8.97. The number of hydrogen-bond donors (Lipinski definition) is 0. The van der Waals surface area contributed by atoms with Gasteiger partial charge in [0.05, 0.1) is 0 Å².